The number of nitrogens with one attached hydrogen (secondary N) is 1. The van der Waals surface area contributed by atoms with Gasteiger partial charge in [0.1, 0.15) is 16.7 Å². The Balaban J connectivity index is 1.43. The zero-order valence-electron chi connectivity index (χ0n) is 23.5. The fourth-order valence-electron chi connectivity index (χ4n) is 5.80. The molecule has 0 bridgehead atoms. The Morgan fingerprint density at radius 3 is 2.23 bits per heavy atom. The lowest BCUT2D eigenvalue weighted by Crippen LogP contribution is -2.54. The molecule has 2 aliphatic heterocycles. The van der Waals surface area contributed by atoms with Crippen LogP contribution in [0.25, 0.3) is 0 Å². The van der Waals surface area contributed by atoms with Crippen LogP contribution in [0.15, 0.2) is 36.4 Å². The maximum absolute atomic E-state index is 14.4. The largest absolute Gasteiger partial charge is 0.352 e. The third-order valence-electron chi connectivity index (χ3n) is 8.01. The van der Waals surface area contributed by atoms with Crippen LogP contribution >= 0.6 is 23.2 Å². The Morgan fingerprint density at radius 2 is 1.65 bits per heavy atom. The molecular weight excluding hydrogens is 557 g/mol. The van der Waals surface area contributed by atoms with Crippen LogP contribution in [0.2, 0.25) is 10.0 Å². The highest BCUT2D eigenvalue weighted by molar-refractivity contribution is 6.31. The zero-order chi connectivity index (χ0) is 29.2. The van der Waals surface area contributed by atoms with Gasteiger partial charge in [-0.1, -0.05) is 41.4 Å². The molecule has 2 aromatic rings. The summed E-state index contributed by atoms with van der Waals surface area (Å²) in [4.78, 5) is 32.0. The van der Waals surface area contributed by atoms with E-state index >= 15 is 0 Å². The van der Waals surface area contributed by atoms with Crippen LogP contribution in [-0.4, -0.2) is 83.9 Å². The quantitative estimate of drug-likeness (QED) is 0.460. The summed E-state index contributed by atoms with van der Waals surface area (Å²) < 4.78 is 28.7. The Kier molecular flexibility index (Phi) is 9.76. The molecule has 2 heterocycles. The first-order valence-electron chi connectivity index (χ1n) is 13.7. The molecule has 2 saturated heterocycles. The minimum Gasteiger partial charge on any atom is -0.352 e. The highest BCUT2D eigenvalue weighted by Crippen LogP contribution is 2.39. The van der Waals surface area contributed by atoms with Gasteiger partial charge in [0, 0.05) is 75.3 Å². The number of carbonyl (C=O) groups excluding carboxylic acids is 2. The van der Waals surface area contributed by atoms with Gasteiger partial charge in [0.15, 0.2) is 0 Å². The minimum absolute atomic E-state index is 0.00152. The number of rotatable bonds is 7. The van der Waals surface area contributed by atoms with Gasteiger partial charge in [-0.25, -0.2) is 8.78 Å². The van der Waals surface area contributed by atoms with E-state index in [1.165, 1.54) is 19.1 Å². The molecule has 2 aromatic carbocycles. The number of likely N-dealkylation sites (tertiary alicyclic amines) is 1. The number of piperazine rings is 1. The van der Waals surface area contributed by atoms with Crippen molar-refractivity contribution in [3.63, 3.8) is 0 Å². The van der Waals surface area contributed by atoms with E-state index in [9.17, 15) is 18.4 Å². The van der Waals surface area contributed by atoms with Crippen molar-refractivity contribution < 1.29 is 18.4 Å². The second-order valence-corrected chi connectivity index (χ2v) is 12.7. The molecule has 40 heavy (non-hydrogen) atoms. The molecule has 2 aliphatic rings. The van der Waals surface area contributed by atoms with E-state index in [0.29, 0.717) is 62.8 Å². The smallest absolute Gasteiger partial charge is 0.227 e. The van der Waals surface area contributed by atoms with Crippen molar-refractivity contribution in [2.45, 2.75) is 51.6 Å². The normalized spacial score (nSPS) is 21.4. The molecule has 0 saturated carbocycles. The molecule has 3 atom stereocenters. The van der Waals surface area contributed by atoms with Crippen LogP contribution in [0, 0.1) is 17.6 Å². The van der Waals surface area contributed by atoms with Gasteiger partial charge in [-0.15, -0.1) is 0 Å². The van der Waals surface area contributed by atoms with Gasteiger partial charge in [0.05, 0.1) is 5.92 Å². The topological polar surface area (TPSA) is 55.9 Å². The van der Waals surface area contributed by atoms with Crippen molar-refractivity contribution in [2.75, 3.05) is 45.8 Å². The molecule has 0 spiro atoms. The third kappa shape index (κ3) is 7.32. The molecule has 0 aromatic heterocycles. The molecule has 2 unspecified atom stereocenters. The van der Waals surface area contributed by atoms with Gasteiger partial charge in [-0.2, -0.15) is 0 Å². The number of hydrogen-bond acceptors (Lipinski definition) is 4. The molecule has 10 heteroatoms. The molecule has 0 aliphatic carbocycles. The molecule has 218 valence electrons. The van der Waals surface area contributed by atoms with Crippen LogP contribution in [-0.2, 0) is 16.0 Å². The van der Waals surface area contributed by atoms with E-state index in [4.69, 9.17) is 23.2 Å². The van der Waals surface area contributed by atoms with E-state index in [1.807, 2.05) is 29.2 Å². The fourth-order valence-corrected chi connectivity index (χ4v) is 6.13. The highest BCUT2D eigenvalue weighted by Gasteiger charge is 2.44. The van der Waals surface area contributed by atoms with Crippen molar-refractivity contribution in [3.8, 4) is 0 Å². The lowest BCUT2D eigenvalue weighted by Gasteiger charge is -2.38. The number of amides is 2. The SMILES string of the molecule is CC(=O)N[C@@H](Cc1ccccc1Cl)CN1CCN(C(=O)C2CN(C(C)(C)C)CC2c2cc(F)c(Cl)c(F)c2)CC1. The Hall–Kier alpha value is -2.26. The summed E-state index contributed by atoms with van der Waals surface area (Å²) >= 11 is 12.1. The van der Waals surface area contributed by atoms with E-state index < -0.39 is 22.6 Å². The Bertz CT molecular complexity index is 1210. The van der Waals surface area contributed by atoms with Crippen molar-refractivity contribution in [3.05, 3.63) is 69.2 Å². The number of benzene rings is 2. The molecule has 6 nitrogen and oxygen atoms in total. The summed E-state index contributed by atoms with van der Waals surface area (Å²) in [5.74, 6) is -2.48. The van der Waals surface area contributed by atoms with E-state index in [1.54, 1.807) is 0 Å². The average Bonchev–Trinajstić information content (AvgIpc) is 3.34. The van der Waals surface area contributed by atoms with Crippen molar-refractivity contribution >= 4 is 35.0 Å². The Labute approximate surface area is 245 Å². The van der Waals surface area contributed by atoms with Gasteiger partial charge < -0.3 is 10.2 Å². The Morgan fingerprint density at radius 1 is 1.02 bits per heavy atom. The van der Waals surface area contributed by atoms with E-state index in [2.05, 4.69) is 35.9 Å². The first-order chi connectivity index (χ1) is 18.8. The molecule has 4 rings (SSSR count). The maximum Gasteiger partial charge on any atom is 0.227 e. The highest BCUT2D eigenvalue weighted by atomic mass is 35.5. The molecule has 2 fully saturated rings. The van der Waals surface area contributed by atoms with Crippen LogP contribution in [0.4, 0.5) is 8.78 Å². The van der Waals surface area contributed by atoms with Gasteiger partial charge >= 0.3 is 0 Å². The van der Waals surface area contributed by atoms with Crippen LogP contribution in [0.5, 0.6) is 0 Å². The molecular formula is C30H38Cl2F2N4O2. The molecule has 0 radical (unpaired) electrons. The summed E-state index contributed by atoms with van der Waals surface area (Å²) in [7, 11) is 0. The summed E-state index contributed by atoms with van der Waals surface area (Å²) in [6.07, 6.45) is 0.610. The van der Waals surface area contributed by atoms with Crippen molar-refractivity contribution in [2.24, 2.45) is 5.92 Å². The number of nitrogens with zero attached hydrogens (tertiary/aromatic N) is 3. The van der Waals surface area contributed by atoms with Crippen LogP contribution in [0.3, 0.4) is 0 Å². The maximum atomic E-state index is 14.4. The predicted molar refractivity (Wildman–Crippen MR) is 155 cm³/mol. The number of halogens is 4. The fraction of sp³-hybridized carbons (Fsp3) is 0.533. The van der Waals surface area contributed by atoms with Gasteiger partial charge in [0.25, 0.3) is 0 Å². The first-order valence-corrected chi connectivity index (χ1v) is 14.5. The lowest BCUT2D eigenvalue weighted by atomic mass is 9.87. The van der Waals surface area contributed by atoms with Gasteiger partial charge in [0.2, 0.25) is 11.8 Å². The predicted octanol–water partition coefficient (Wildman–Crippen LogP) is 4.98. The molecule has 2 amide bonds. The van der Waals surface area contributed by atoms with Gasteiger partial charge in [-0.3, -0.25) is 19.4 Å². The first kappa shape index (κ1) is 30.7. The van der Waals surface area contributed by atoms with Crippen molar-refractivity contribution in [1.29, 1.82) is 0 Å². The number of hydrogen-bond donors (Lipinski definition) is 1. The standard InChI is InChI=1S/C30H38Cl2F2N4O2/c1-19(39)35-22(13-20-7-5-6-8-25(20)31)16-36-9-11-37(12-10-36)29(40)24-18-38(30(2,3)4)17-23(24)21-14-26(33)28(32)27(34)15-21/h5-8,14-15,22-24H,9-13,16-18H2,1-4H3,(H,35,39)/t22-,23?,24?/m0/s1. The second-order valence-electron chi connectivity index (χ2n) is 11.9. The number of carbonyl (C=O) groups is 2. The minimum atomic E-state index is -0.809. The van der Waals surface area contributed by atoms with E-state index in [-0.39, 0.29) is 29.3 Å². The van der Waals surface area contributed by atoms with Gasteiger partial charge in [-0.05, 0) is 56.5 Å². The summed E-state index contributed by atoms with van der Waals surface area (Å²) in [5.41, 5.74) is 1.24. The van der Waals surface area contributed by atoms with Crippen molar-refractivity contribution in [1.82, 2.24) is 20.0 Å². The van der Waals surface area contributed by atoms with Crippen LogP contribution in [0.1, 0.15) is 44.7 Å². The summed E-state index contributed by atoms with van der Waals surface area (Å²) in [6, 6.07) is 10.0. The average molecular weight is 596 g/mol. The lowest BCUT2D eigenvalue weighted by molar-refractivity contribution is -0.137. The van der Waals surface area contributed by atoms with Crippen LogP contribution < -0.4 is 5.32 Å². The monoisotopic (exact) mass is 594 g/mol. The van der Waals surface area contributed by atoms with E-state index in [0.717, 1.165) is 5.56 Å². The second kappa shape index (κ2) is 12.7. The zero-order valence-corrected chi connectivity index (χ0v) is 25.0. The summed E-state index contributed by atoms with van der Waals surface area (Å²) in [5, 5.41) is 3.18. The third-order valence-corrected chi connectivity index (χ3v) is 8.74. The summed E-state index contributed by atoms with van der Waals surface area (Å²) in [6.45, 7) is 11.8. The molecule has 1 N–H and O–H groups in total.